The second-order valence-electron chi connectivity index (χ2n) is 3.36. The summed E-state index contributed by atoms with van der Waals surface area (Å²) in [5.74, 6) is 1.19. The third-order valence-corrected chi connectivity index (χ3v) is 1.98. The molecular formula is C12H17N4Y-. The van der Waals surface area contributed by atoms with Crippen LogP contribution in [0.4, 0.5) is 0 Å². The third kappa shape index (κ3) is 4.64. The second-order valence-corrected chi connectivity index (χ2v) is 3.36. The zero-order chi connectivity index (χ0) is 12.0. The van der Waals surface area contributed by atoms with E-state index in [-0.39, 0.29) is 32.7 Å². The van der Waals surface area contributed by atoms with Crippen molar-refractivity contribution in [3.05, 3.63) is 36.5 Å². The van der Waals surface area contributed by atoms with Crippen LogP contribution in [0.15, 0.2) is 24.9 Å². The van der Waals surface area contributed by atoms with Crippen molar-refractivity contribution < 1.29 is 32.7 Å². The molecule has 0 saturated carbocycles. The quantitative estimate of drug-likeness (QED) is 0.801. The zero-order valence-electron chi connectivity index (χ0n) is 10.8. The van der Waals surface area contributed by atoms with E-state index in [9.17, 15) is 0 Å². The summed E-state index contributed by atoms with van der Waals surface area (Å²) in [7, 11) is 0. The average molecular weight is 306 g/mol. The van der Waals surface area contributed by atoms with Crippen LogP contribution in [0, 0.1) is 6.07 Å². The van der Waals surface area contributed by atoms with Crippen molar-refractivity contribution >= 4 is 0 Å². The topological polar surface area (TPSA) is 43.6 Å². The first-order valence-corrected chi connectivity index (χ1v) is 5.50. The van der Waals surface area contributed by atoms with Gasteiger partial charge in [0.2, 0.25) is 0 Å². The first-order valence-electron chi connectivity index (χ1n) is 5.50. The van der Waals surface area contributed by atoms with Crippen molar-refractivity contribution in [3.8, 4) is 5.82 Å². The van der Waals surface area contributed by atoms with Crippen LogP contribution in [0.3, 0.4) is 0 Å². The molecule has 0 saturated heterocycles. The molecule has 5 heteroatoms. The van der Waals surface area contributed by atoms with E-state index in [4.69, 9.17) is 0 Å². The van der Waals surface area contributed by atoms with Gasteiger partial charge in [0, 0.05) is 38.5 Å². The van der Waals surface area contributed by atoms with Crippen LogP contribution < -0.4 is 0 Å². The van der Waals surface area contributed by atoms with Crippen LogP contribution in [0.1, 0.15) is 39.2 Å². The normalized spacial score (nSPS) is 9.24. The first-order chi connectivity index (χ1) is 7.77. The smallest absolute Gasteiger partial charge is 0.137 e. The predicted molar refractivity (Wildman–Crippen MR) is 63.4 cm³/mol. The van der Waals surface area contributed by atoms with Crippen LogP contribution in [0.25, 0.3) is 5.82 Å². The molecule has 0 atom stereocenters. The minimum Gasteiger partial charge on any atom is -0.366 e. The average Bonchev–Trinajstić information content (AvgIpc) is 2.85. The molecule has 2 aromatic rings. The van der Waals surface area contributed by atoms with Gasteiger partial charge in [0.25, 0.3) is 0 Å². The molecule has 0 aliphatic rings. The number of rotatable bonds is 2. The van der Waals surface area contributed by atoms with E-state index < -0.39 is 0 Å². The Hall–Kier alpha value is -0.606. The Bertz CT molecular complexity index is 395. The van der Waals surface area contributed by atoms with Gasteiger partial charge < -0.3 is 4.98 Å². The SMILES string of the molecule is CC.CC(C)c1[c-]cc(-n2cncn2)nc1.[Y]. The van der Waals surface area contributed by atoms with Gasteiger partial charge in [-0.05, 0) is 5.92 Å². The van der Waals surface area contributed by atoms with Crippen LogP contribution in [0.2, 0.25) is 0 Å². The minimum absolute atomic E-state index is 0. The summed E-state index contributed by atoms with van der Waals surface area (Å²) >= 11 is 0. The summed E-state index contributed by atoms with van der Waals surface area (Å²) < 4.78 is 1.61. The van der Waals surface area contributed by atoms with Gasteiger partial charge in [-0.25, -0.2) is 4.98 Å². The van der Waals surface area contributed by atoms with E-state index >= 15 is 0 Å². The van der Waals surface area contributed by atoms with Crippen molar-refractivity contribution in [2.24, 2.45) is 0 Å². The molecular weight excluding hydrogens is 289 g/mol. The van der Waals surface area contributed by atoms with E-state index in [1.165, 1.54) is 6.33 Å². The Morgan fingerprint density at radius 3 is 2.41 bits per heavy atom. The number of aromatic nitrogens is 4. The summed E-state index contributed by atoms with van der Waals surface area (Å²) in [6.45, 7) is 8.23. The van der Waals surface area contributed by atoms with Gasteiger partial charge in [-0.15, -0.1) is 11.6 Å². The van der Waals surface area contributed by atoms with Crippen molar-refractivity contribution in [2.45, 2.75) is 33.6 Å². The first kappa shape index (κ1) is 16.4. The molecule has 0 N–H and O–H groups in total. The monoisotopic (exact) mass is 306 g/mol. The van der Waals surface area contributed by atoms with E-state index in [0.29, 0.717) is 5.92 Å². The molecule has 89 valence electrons. The number of hydrogen-bond donors (Lipinski definition) is 0. The van der Waals surface area contributed by atoms with Gasteiger partial charge >= 0.3 is 0 Å². The van der Waals surface area contributed by atoms with Gasteiger partial charge in [-0.2, -0.15) is 11.2 Å². The third-order valence-electron chi connectivity index (χ3n) is 1.98. The van der Waals surface area contributed by atoms with Crippen molar-refractivity contribution in [1.29, 1.82) is 0 Å². The molecule has 2 rings (SSSR count). The summed E-state index contributed by atoms with van der Waals surface area (Å²) in [6.07, 6.45) is 4.92. The minimum atomic E-state index is 0. The second kappa shape index (κ2) is 8.48. The molecule has 0 spiro atoms. The van der Waals surface area contributed by atoms with Crippen molar-refractivity contribution in [1.82, 2.24) is 19.7 Å². The van der Waals surface area contributed by atoms with Crippen LogP contribution in [-0.4, -0.2) is 19.7 Å². The molecule has 17 heavy (non-hydrogen) atoms. The Labute approximate surface area is 128 Å². The maximum atomic E-state index is 4.27. The van der Waals surface area contributed by atoms with E-state index in [1.807, 2.05) is 26.1 Å². The Morgan fingerprint density at radius 1 is 1.29 bits per heavy atom. The van der Waals surface area contributed by atoms with Gasteiger partial charge in [0.15, 0.2) is 0 Å². The fraction of sp³-hybridized carbons (Fsp3) is 0.417. The fourth-order valence-electron chi connectivity index (χ4n) is 1.13. The molecule has 2 aromatic heterocycles. The molecule has 0 fully saturated rings. The van der Waals surface area contributed by atoms with Crippen molar-refractivity contribution in [3.63, 3.8) is 0 Å². The van der Waals surface area contributed by atoms with Crippen LogP contribution >= 0.6 is 0 Å². The Morgan fingerprint density at radius 2 is 2.00 bits per heavy atom. The van der Waals surface area contributed by atoms with Gasteiger partial charge in [-0.3, -0.25) is 4.68 Å². The predicted octanol–water partition coefficient (Wildman–Crippen LogP) is 2.61. The Kier molecular flexibility index (Phi) is 8.18. The summed E-state index contributed by atoms with van der Waals surface area (Å²) in [4.78, 5) is 8.13. The number of pyridine rings is 1. The molecule has 0 bridgehead atoms. The molecule has 0 aromatic carbocycles. The van der Waals surface area contributed by atoms with E-state index in [1.54, 1.807) is 11.0 Å². The molecule has 0 aliphatic carbocycles. The van der Waals surface area contributed by atoms with Gasteiger partial charge in [-0.1, -0.05) is 33.9 Å². The molecule has 1 radical (unpaired) electrons. The van der Waals surface area contributed by atoms with Gasteiger partial charge in [0.05, 0.1) is 0 Å². The van der Waals surface area contributed by atoms with E-state index in [0.717, 1.165) is 11.4 Å². The molecule has 2 heterocycles. The van der Waals surface area contributed by atoms with Crippen molar-refractivity contribution in [2.75, 3.05) is 0 Å². The van der Waals surface area contributed by atoms with Crippen LogP contribution in [0.5, 0.6) is 0 Å². The van der Waals surface area contributed by atoms with Crippen LogP contribution in [-0.2, 0) is 32.7 Å². The van der Waals surface area contributed by atoms with Gasteiger partial charge in [0.1, 0.15) is 12.7 Å². The summed E-state index contributed by atoms with van der Waals surface area (Å²) in [5, 5.41) is 3.98. The number of hydrogen-bond acceptors (Lipinski definition) is 3. The molecule has 0 unspecified atom stereocenters. The van der Waals surface area contributed by atoms with E-state index in [2.05, 4.69) is 35.0 Å². The summed E-state index contributed by atoms with van der Waals surface area (Å²) in [5.41, 5.74) is 1.11. The zero-order valence-corrected chi connectivity index (χ0v) is 13.6. The standard InChI is InChI=1S/C10H11N4.C2H6.Y/c1-8(2)9-3-4-10(12-5-9)14-7-11-6-13-14;1-2;/h4-8H,1-2H3;1-2H3;/q-1;;. The summed E-state index contributed by atoms with van der Waals surface area (Å²) in [6, 6.07) is 5.00. The molecule has 0 aliphatic heterocycles. The number of nitrogens with zero attached hydrogens (tertiary/aromatic N) is 4. The maximum Gasteiger partial charge on any atom is 0.137 e. The Balaban J connectivity index is 0.000000811. The molecule has 4 nitrogen and oxygen atoms in total. The fourth-order valence-corrected chi connectivity index (χ4v) is 1.13. The largest absolute Gasteiger partial charge is 0.366 e. The maximum absolute atomic E-state index is 4.27. The molecule has 0 amide bonds.